The quantitative estimate of drug-likeness (QED) is 0.162. The van der Waals surface area contributed by atoms with E-state index in [9.17, 15) is 0 Å². The highest BCUT2D eigenvalue weighted by Crippen LogP contribution is 2.46. The smallest absolute Gasteiger partial charge is 0.0619 e. The van der Waals surface area contributed by atoms with Crippen LogP contribution in [-0.2, 0) is 5.41 Å². The van der Waals surface area contributed by atoms with Crippen LogP contribution in [0.25, 0.3) is 82.1 Å². The summed E-state index contributed by atoms with van der Waals surface area (Å²) >= 11 is 0. The summed E-state index contributed by atoms with van der Waals surface area (Å²) in [6, 6.07) is 69.2. The highest BCUT2D eigenvalue weighted by atomic mass is 15.0. The van der Waals surface area contributed by atoms with Crippen molar-refractivity contribution in [3.05, 3.63) is 199 Å². The molecule has 0 saturated carbocycles. The van der Waals surface area contributed by atoms with Crippen molar-refractivity contribution in [2.75, 3.05) is 0 Å². The Labute approximate surface area is 304 Å². The molecular formula is C51H37N. The summed E-state index contributed by atoms with van der Waals surface area (Å²) in [4.78, 5) is 0. The minimum atomic E-state index is -0.207. The number of fused-ring (bicyclic) bond motifs is 6. The normalized spacial score (nSPS) is 12.0. The first-order valence-electron chi connectivity index (χ1n) is 18.2. The average molecular weight is 664 g/mol. The van der Waals surface area contributed by atoms with E-state index in [2.05, 4.69) is 206 Å². The van der Waals surface area contributed by atoms with Gasteiger partial charge in [-0.1, -0.05) is 184 Å². The van der Waals surface area contributed by atoms with E-state index in [-0.39, 0.29) is 5.41 Å². The van der Waals surface area contributed by atoms with Gasteiger partial charge < -0.3 is 4.57 Å². The fourth-order valence-corrected chi connectivity index (χ4v) is 8.57. The predicted molar refractivity (Wildman–Crippen MR) is 223 cm³/mol. The molecule has 0 amide bonds. The minimum Gasteiger partial charge on any atom is -0.308 e. The molecule has 0 bridgehead atoms. The zero-order chi connectivity index (χ0) is 34.8. The van der Waals surface area contributed by atoms with Gasteiger partial charge in [-0.2, -0.15) is 0 Å². The van der Waals surface area contributed by atoms with Crippen molar-refractivity contribution in [3.63, 3.8) is 0 Å². The summed E-state index contributed by atoms with van der Waals surface area (Å²) < 4.78 is 2.52. The molecule has 0 aliphatic heterocycles. The summed E-state index contributed by atoms with van der Waals surface area (Å²) in [5, 5.41) is 10.1. The number of nitrogens with zero attached hydrogens (tertiary/aromatic N) is 1. The zero-order valence-electron chi connectivity index (χ0n) is 29.3. The molecule has 1 nitrogen and oxygen atoms in total. The van der Waals surface area contributed by atoms with Crippen LogP contribution in [0.4, 0.5) is 0 Å². The Morgan fingerprint density at radius 1 is 0.365 bits per heavy atom. The molecule has 10 rings (SSSR count). The Morgan fingerprint density at radius 2 is 0.904 bits per heavy atom. The molecule has 246 valence electrons. The van der Waals surface area contributed by atoms with Crippen molar-refractivity contribution in [1.82, 2.24) is 4.57 Å². The molecule has 0 atom stereocenters. The van der Waals surface area contributed by atoms with Crippen LogP contribution in [0.2, 0.25) is 0 Å². The summed E-state index contributed by atoms with van der Waals surface area (Å²) in [5.41, 5.74) is 11.1. The molecule has 0 aliphatic carbocycles. The average Bonchev–Trinajstić information content (AvgIpc) is 3.53. The number of hydrogen-bond donors (Lipinski definition) is 0. The lowest BCUT2D eigenvalue weighted by molar-refractivity contribution is 0.642. The van der Waals surface area contributed by atoms with E-state index < -0.39 is 0 Å². The van der Waals surface area contributed by atoms with Crippen LogP contribution in [0.15, 0.2) is 188 Å². The van der Waals surface area contributed by atoms with Crippen LogP contribution in [-0.4, -0.2) is 4.57 Å². The van der Waals surface area contributed by atoms with Gasteiger partial charge in [0.15, 0.2) is 0 Å². The van der Waals surface area contributed by atoms with E-state index in [1.165, 1.54) is 93.2 Å². The fourth-order valence-electron chi connectivity index (χ4n) is 8.57. The van der Waals surface area contributed by atoms with Gasteiger partial charge >= 0.3 is 0 Å². The molecule has 0 unspecified atom stereocenters. The van der Waals surface area contributed by atoms with Gasteiger partial charge in [0.25, 0.3) is 0 Å². The minimum absolute atomic E-state index is 0.207. The Bertz CT molecular complexity index is 2920. The van der Waals surface area contributed by atoms with Crippen molar-refractivity contribution in [3.8, 4) is 27.9 Å². The van der Waals surface area contributed by atoms with Crippen LogP contribution in [0.3, 0.4) is 0 Å². The molecule has 0 spiro atoms. The molecule has 0 aliphatic rings. The van der Waals surface area contributed by atoms with Crippen LogP contribution in [0.5, 0.6) is 0 Å². The van der Waals surface area contributed by atoms with Crippen molar-refractivity contribution in [2.45, 2.75) is 19.3 Å². The number of benzene rings is 9. The molecule has 52 heavy (non-hydrogen) atoms. The van der Waals surface area contributed by atoms with Gasteiger partial charge in [-0.15, -0.1) is 0 Å². The summed E-state index contributed by atoms with van der Waals surface area (Å²) in [7, 11) is 0. The van der Waals surface area contributed by atoms with E-state index in [4.69, 9.17) is 0 Å². The zero-order valence-corrected chi connectivity index (χ0v) is 29.3. The first-order valence-corrected chi connectivity index (χ1v) is 18.2. The van der Waals surface area contributed by atoms with Crippen molar-refractivity contribution in [1.29, 1.82) is 0 Å². The summed E-state index contributed by atoms with van der Waals surface area (Å²) in [6.07, 6.45) is 0. The molecule has 1 aromatic heterocycles. The fraction of sp³-hybridized carbons (Fsp3) is 0.0588. The molecule has 1 heterocycles. The van der Waals surface area contributed by atoms with Gasteiger partial charge in [0.05, 0.1) is 16.7 Å². The van der Waals surface area contributed by atoms with E-state index in [1.54, 1.807) is 0 Å². The lowest BCUT2D eigenvalue weighted by Crippen LogP contribution is -2.18. The lowest BCUT2D eigenvalue weighted by atomic mass is 9.77. The van der Waals surface area contributed by atoms with Crippen molar-refractivity contribution < 1.29 is 0 Å². The monoisotopic (exact) mass is 663 g/mol. The topological polar surface area (TPSA) is 4.93 Å². The molecule has 9 aromatic carbocycles. The van der Waals surface area contributed by atoms with Gasteiger partial charge in [0, 0.05) is 27.0 Å². The maximum absolute atomic E-state index is 2.52. The Kier molecular flexibility index (Phi) is 6.91. The Balaban J connectivity index is 1.23. The van der Waals surface area contributed by atoms with E-state index >= 15 is 0 Å². The number of aromatic nitrogens is 1. The molecule has 0 saturated heterocycles. The molecule has 0 N–H and O–H groups in total. The van der Waals surface area contributed by atoms with E-state index in [0.29, 0.717) is 0 Å². The van der Waals surface area contributed by atoms with Gasteiger partial charge in [0.2, 0.25) is 0 Å². The second kappa shape index (κ2) is 11.8. The molecular weight excluding hydrogens is 627 g/mol. The highest BCUT2D eigenvalue weighted by Gasteiger charge is 2.26. The second-order valence-corrected chi connectivity index (χ2v) is 14.5. The van der Waals surface area contributed by atoms with Gasteiger partial charge in [0.1, 0.15) is 0 Å². The van der Waals surface area contributed by atoms with Crippen molar-refractivity contribution in [2.24, 2.45) is 0 Å². The third-order valence-corrected chi connectivity index (χ3v) is 11.3. The van der Waals surface area contributed by atoms with Crippen LogP contribution >= 0.6 is 0 Å². The van der Waals surface area contributed by atoms with Crippen molar-refractivity contribution >= 4 is 54.1 Å². The molecule has 0 fully saturated rings. The Hall–Kier alpha value is -6.44. The number of para-hydroxylation sites is 1. The molecule has 0 radical (unpaired) electrons. The van der Waals surface area contributed by atoms with E-state index in [1.807, 2.05) is 0 Å². The first-order chi connectivity index (χ1) is 25.6. The molecule has 10 aromatic rings. The first kappa shape index (κ1) is 30.4. The SMILES string of the molecule is CC(C)(c1cccc(-c2ccccc2)c1)c1ccc2c(c1)c1ccccc1n2-c1c2ccccc2c(-c2cccc3ccccc23)c2ccccc12. The van der Waals surface area contributed by atoms with Crippen LogP contribution in [0, 0.1) is 0 Å². The number of hydrogen-bond acceptors (Lipinski definition) is 0. The number of rotatable bonds is 5. The summed E-state index contributed by atoms with van der Waals surface area (Å²) in [6.45, 7) is 4.70. The van der Waals surface area contributed by atoms with Crippen LogP contribution in [0.1, 0.15) is 25.0 Å². The largest absolute Gasteiger partial charge is 0.308 e. The van der Waals surface area contributed by atoms with Crippen LogP contribution < -0.4 is 0 Å². The lowest BCUT2D eigenvalue weighted by Gasteiger charge is -2.27. The van der Waals surface area contributed by atoms with Gasteiger partial charge in [-0.3, -0.25) is 0 Å². The second-order valence-electron chi connectivity index (χ2n) is 14.5. The van der Waals surface area contributed by atoms with E-state index in [0.717, 1.165) is 0 Å². The maximum Gasteiger partial charge on any atom is 0.0619 e. The maximum atomic E-state index is 2.52. The highest BCUT2D eigenvalue weighted by molar-refractivity contribution is 6.22. The van der Waals surface area contributed by atoms with Gasteiger partial charge in [-0.25, -0.2) is 0 Å². The summed E-state index contributed by atoms with van der Waals surface area (Å²) in [5.74, 6) is 0. The predicted octanol–water partition coefficient (Wildman–Crippen LogP) is 13.9. The standard InChI is InChI=1S/C51H37N/c1-51(2,37-21-14-20-36(32-37)34-16-4-3-5-17-34)38-30-31-48-46(33-38)40-23-12-13-29-47(40)52(48)50-44-26-10-8-24-42(44)49(43-25-9-11-27-45(43)50)41-28-15-19-35-18-6-7-22-39(35)41/h3-33H,1-2H3. The Morgan fingerprint density at radius 3 is 1.65 bits per heavy atom. The third-order valence-electron chi connectivity index (χ3n) is 11.3. The molecule has 1 heteroatoms. The van der Waals surface area contributed by atoms with Gasteiger partial charge in [-0.05, 0) is 73.1 Å². The third kappa shape index (κ3) is 4.63.